The Morgan fingerprint density at radius 3 is 2.95 bits per heavy atom. The summed E-state index contributed by atoms with van der Waals surface area (Å²) >= 11 is 6.21. The molecule has 0 aromatic heterocycles. The highest BCUT2D eigenvalue weighted by Gasteiger charge is 2.31. The van der Waals surface area contributed by atoms with Crippen molar-refractivity contribution in [2.24, 2.45) is 0 Å². The molecular formula is C17H26ClN3. The maximum absolute atomic E-state index is 6.21. The molecule has 2 fully saturated rings. The maximum atomic E-state index is 6.21. The van der Waals surface area contributed by atoms with E-state index < -0.39 is 0 Å². The number of piperazine rings is 1. The van der Waals surface area contributed by atoms with E-state index in [2.05, 4.69) is 41.1 Å². The monoisotopic (exact) mass is 307 g/mol. The summed E-state index contributed by atoms with van der Waals surface area (Å²) in [6.45, 7) is 10.0. The van der Waals surface area contributed by atoms with Gasteiger partial charge in [0, 0.05) is 49.0 Å². The highest BCUT2D eigenvalue weighted by molar-refractivity contribution is 6.30. The van der Waals surface area contributed by atoms with Crippen LogP contribution < -0.4 is 10.2 Å². The molecule has 0 bridgehead atoms. The van der Waals surface area contributed by atoms with E-state index in [1.165, 1.54) is 37.2 Å². The summed E-state index contributed by atoms with van der Waals surface area (Å²) in [5.74, 6) is 0. The molecule has 1 atom stereocenters. The number of nitrogens with zero attached hydrogens (tertiary/aromatic N) is 2. The highest BCUT2D eigenvalue weighted by Crippen LogP contribution is 2.29. The molecule has 0 amide bonds. The second-order valence-electron chi connectivity index (χ2n) is 6.59. The lowest BCUT2D eigenvalue weighted by molar-refractivity contribution is 0.231. The van der Waals surface area contributed by atoms with Gasteiger partial charge in [0.1, 0.15) is 0 Å². The summed E-state index contributed by atoms with van der Waals surface area (Å²) in [7, 11) is 0. The largest absolute Gasteiger partial charge is 0.368 e. The summed E-state index contributed by atoms with van der Waals surface area (Å²) in [6.07, 6.45) is 2.71. The van der Waals surface area contributed by atoms with Crippen LogP contribution in [0.3, 0.4) is 0 Å². The lowest BCUT2D eigenvalue weighted by Crippen LogP contribution is -2.50. The van der Waals surface area contributed by atoms with Gasteiger partial charge in [-0.1, -0.05) is 25.4 Å². The van der Waals surface area contributed by atoms with Crippen molar-refractivity contribution in [2.45, 2.75) is 45.3 Å². The van der Waals surface area contributed by atoms with Gasteiger partial charge in [-0.3, -0.25) is 4.90 Å². The Labute approximate surface area is 133 Å². The van der Waals surface area contributed by atoms with Gasteiger partial charge in [0.2, 0.25) is 0 Å². The topological polar surface area (TPSA) is 18.5 Å². The Morgan fingerprint density at radius 2 is 2.14 bits per heavy atom. The second kappa shape index (κ2) is 6.55. The Kier molecular flexibility index (Phi) is 4.72. The molecule has 2 aliphatic rings. The average molecular weight is 308 g/mol. The third kappa shape index (κ3) is 3.53. The fourth-order valence-electron chi connectivity index (χ4n) is 3.53. The third-order valence-corrected chi connectivity index (χ3v) is 4.91. The average Bonchev–Trinajstić information content (AvgIpc) is 2.92. The van der Waals surface area contributed by atoms with E-state index in [4.69, 9.17) is 11.6 Å². The van der Waals surface area contributed by atoms with Crippen molar-refractivity contribution in [3.63, 3.8) is 0 Å². The van der Waals surface area contributed by atoms with Crippen molar-refractivity contribution >= 4 is 17.3 Å². The molecule has 21 heavy (non-hydrogen) atoms. The number of fused-ring (bicyclic) bond motifs is 1. The fourth-order valence-corrected chi connectivity index (χ4v) is 3.72. The van der Waals surface area contributed by atoms with E-state index >= 15 is 0 Å². The van der Waals surface area contributed by atoms with E-state index in [-0.39, 0.29) is 0 Å². The van der Waals surface area contributed by atoms with E-state index in [1.54, 1.807) is 0 Å². The number of benzene rings is 1. The van der Waals surface area contributed by atoms with E-state index in [0.29, 0.717) is 6.04 Å². The van der Waals surface area contributed by atoms with Crippen LogP contribution in [0.15, 0.2) is 18.2 Å². The molecule has 0 spiro atoms. The summed E-state index contributed by atoms with van der Waals surface area (Å²) in [5, 5.41) is 4.35. The number of rotatable bonds is 4. The molecule has 1 unspecified atom stereocenters. The zero-order valence-electron chi connectivity index (χ0n) is 13.1. The van der Waals surface area contributed by atoms with Crippen molar-refractivity contribution in [1.82, 2.24) is 10.2 Å². The Hall–Kier alpha value is -0.770. The van der Waals surface area contributed by atoms with Crippen molar-refractivity contribution in [3.8, 4) is 0 Å². The van der Waals surface area contributed by atoms with Gasteiger partial charge < -0.3 is 10.2 Å². The molecule has 0 aliphatic carbocycles. The standard InChI is InChI=1S/C17H26ClN3/c1-13(2)19-11-14-10-15(18)5-6-17(14)21-9-8-20-7-3-4-16(20)12-21/h5-6,10,13,16,19H,3-4,7-9,11-12H2,1-2H3. The lowest BCUT2D eigenvalue weighted by Gasteiger charge is -2.39. The molecule has 2 saturated heterocycles. The predicted octanol–water partition coefficient (Wildman–Crippen LogP) is 3.12. The predicted molar refractivity (Wildman–Crippen MR) is 90.2 cm³/mol. The van der Waals surface area contributed by atoms with Crippen LogP contribution in [0.2, 0.25) is 5.02 Å². The van der Waals surface area contributed by atoms with E-state index in [9.17, 15) is 0 Å². The van der Waals surface area contributed by atoms with Crippen LogP contribution in [0.4, 0.5) is 5.69 Å². The van der Waals surface area contributed by atoms with Crippen LogP contribution >= 0.6 is 11.6 Å². The molecule has 1 aromatic rings. The van der Waals surface area contributed by atoms with Crippen LogP contribution in [-0.2, 0) is 6.54 Å². The first-order chi connectivity index (χ1) is 10.1. The summed E-state index contributed by atoms with van der Waals surface area (Å²) in [5.41, 5.74) is 2.68. The molecule has 0 radical (unpaired) electrons. The lowest BCUT2D eigenvalue weighted by atomic mass is 10.1. The minimum atomic E-state index is 0.489. The van der Waals surface area contributed by atoms with Gasteiger partial charge in [-0.2, -0.15) is 0 Å². The zero-order chi connectivity index (χ0) is 14.8. The SMILES string of the molecule is CC(C)NCc1cc(Cl)ccc1N1CCN2CCCC2C1. The minimum Gasteiger partial charge on any atom is -0.368 e. The van der Waals surface area contributed by atoms with Gasteiger partial charge in [-0.25, -0.2) is 0 Å². The van der Waals surface area contributed by atoms with Crippen LogP contribution in [-0.4, -0.2) is 43.2 Å². The van der Waals surface area contributed by atoms with E-state index in [1.807, 2.05) is 6.07 Å². The van der Waals surface area contributed by atoms with E-state index in [0.717, 1.165) is 30.7 Å². The normalized spacial score (nSPS) is 22.9. The van der Waals surface area contributed by atoms with Crippen LogP contribution in [0.25, 0.3) is 0 Å². The second-order valence-corrected chi connectivity index (χ2v) is 7.02. The van der Waals surface area contributed by atoms with Crippen LogP contribution in [0, 0.1) is 0 Å². The van der Waals surface area contributed by atoms with Gasteiger partial charge in [-0.15, -0.1) is 0 Å². The molecule has 0 saturated carbocycles. The smallest absolute Gasteiger partial charge is 0.0413 e. The Morgan fingerprint density at radius 1 is 1.29 bits per heavy atom. The Bertz CT molecular complexity index is 489. The first-order valence-corrected chi connectivity index (χ1v) is 8.52. The highest BCUT2D eigenvalue weighted by atomic mass is 35.5. The van der Waals surface area contributed by atoms with Crippen molar-refractivity contribution < 1.29 is 0 Å². The first-order valence-electron chi connectivity index (χ1n) is 8.14. The molecule has 4 heteroatoms. The fraction of sp³-hybridized carbons (Fsp3) is 0.647. The number of nitrogens with one attached hydrogen (secondary N) is 1. The zero-order valence-corrected chi connectivity index (χ0v) is 13.9. The molecular weight excluding hydrogens is 282 g/mol. The molecule has 1 N–H and O–H groups in total. The van der Waals surface area contributed by atoms with Gasteiger partial charge in [0.25, 0.3) is 0 Å². The maximum Gasteiger partial charge on any atom is 0.0413 e. The first kappa shape index (κ1) is 15.1. The molecule has 1 aromatic carbocycles. The molecule has 116 valence electrons. The van der Waals surface area contributed by atoms with Crippen molar-refractivity contribution in [1.29, 1.82) is 0 Å². The molecule has 3 rings (SSSR count). The Balaban J connectivity index is 1.77. The molecule has 3 nitrogen and oxygen atoms in total. The third-order valence-electron chi connectivity index (χ3n) is 4.67. The summed E-state index contributed by atoms with van der Waals surface area (Å²) in [4.78, 5) is 5.21. The van der Waals surface area contributed by atoms with Crippen LogP contribution in [0.1, 0.15) is 32.3 Å². The van der Waals surface area contributed by atoms with Crippen molar-refractivity contribution in [2.75, 3.05) is 31.1 Å². The van der Waals surface area contributed by atoms with Crippen molar-refractivity contribution in [3.05, 3.63) is 28.8 Å². The quantitative estimate of drug-likeness (QED) is 0.922. The number of hydrogen-bond donors (Lipinski definition) is 1. The number of hydrogen-bond acceptors (Lipinski definition) is 3. The molecule has 2 aliphatic heterocycles. The minimum absolute atomic E-state index is 0.489. The molecule has 2 heterocycles. The van der Waals surface area contributed by atoms with Crippen LogP contribution in [0.5, 0.6) is 0 Å². The van der Waals surface area contributed by atoms with Gasteiger partial charge in [0.15, 0.2) is 0 Å². The number of halogens is 1. The summed E-state index contributed by atoms with van der Waals surface area (Å²) < 4.78 is 0. The van der Waals surface area contributed by atoms with Gasteiger partial charge in [-0.05, 0) is 43.1 Å². The van der Waals surface area contributed by atoms with Gasteiger partial charge in [0.05, 0.1) is 0 Å². The number of anilines is 1. The summed E-state index contributed by atoms with van der Waals surface area (Å²) in [6, 6.07) is 7.58. The van der Waals surface area contributed by atoms with Gasteiger partial charge >= 0.3 is 0 Å².